The molecule has 2 aromatic carbocycles. The molecule has 0 N–H and O–H groups in total. The first-order chi connectivity index (χ1) is 11.8. The van der Waals surface area contributed by atoms with Gasteiger partial charge < -0.3 is 4.74 Å². The van der Waals surface area contributed by atoms with Gasteiger partial charge in [0.2, 0.25) is 0 Å². The summed E-state index contributed by atoms with van der Waals surface area (Å²) in [5, 5.41) is 0. The van der Waals surface area contributed by atoms with Gasteiger partial charge >= 0.3 is 6.11 Å². The molecule has 3 rings (SSSR count). The minimum atomic E-state index is -3.83. The molecule has 26 heavy (non-hydrogen) atoms. The standard InChI is InChI=1S/C20H19F4O.Y/c1-13-2-4-14(5-3-13)15-6-8-19(9-7-15)25-20(23,24)16-10-17(21)12-18(22)11-16;/h6-11,13-14H,2-5H2,1H3;/q-1;. The summed E-state index contributed by atoms with van der Waals surface area (Å²) in [4.78, 5) is 0. The zero-order chi connectivity index (χ0) is 18.0. The maximum Gasteiger partial charge on any atom is 0.404 e. The van der Waals surface area contributed by atoms with Crippen molar-refractivity contribution in [3.8, 4) is 5.75 Å². The summed E-state index contributed by atoms with van der Waals surface area (Å²) in [6, 6.07) is 9.22. The van der Waals surface area contributed by atoms with Crippen LogP contribution in [0.4, 0.5) is 17.6 Å². The molecule has 0 saturated heterocycles. The van der Waals surface area contributed by atoms with E-state index < -0.39 is 23.3 Å². The smallest absolute Gasteiger partial charge is 0.404 e. The van der Waals surface area contributed by atoms with Crippen molar-refractivity contribution in [1.29, 1.82) is 0 Å². The molecule has 0 heterocycles. The van der Waals surface area contributed by atoms with Crippen LogP contribution in [0.2, 0.25) is 0 Å². The van der Waals surface area contributed by atoms with E-state index in [0.717, 1.165) is 24.3 Å². The van der Waals surface area contributed by atoms with Gasteiger partial charge in [-0.15, -0.1) is 18.2 Å². The normalized spacial score (nSPS) is 20.3. The largest absolute Gasteiger partial charge is 0.430 e. The molecule has 0 amide bonds. The van der Waals surface area contributed by atoms with Gasteiger partial charge in [0.05, 0.1) is 0 Å². The molecule has 1 aliphatic carbocycles. The van der Waals surface area contributed by atoms with E-state index in [9.17, 15) is 17.6 Å². The first-order valence-electron chi connectivity index (χ1n) is 8.39. The van der Waals surface area contributed by atoms with Crippen LogP contribution in [-0.4, -0.2) is 0 Å². The Balaban J connectivity index is 0.00000243. The molecule has 1 radical (unpaired) electrons. The molecular weight excluding hydrogens is 421 g/mol. The minimum Gasteiger partial charge on any atom is -0.430 e. The molecule has 1 nitrogen and oxygen atoms in total. The van der Waals surface area contributed by atoms with E-state index >= 15 is 0 Å². The fourth-order valence-corrected chi connectivity index (χ4v) is 3.28. The van der Waals surface area contributed by atoms with Gasteiger partial charge in [-0.3, -0.25) is 0 Å². The van der Waals surface area contributed by atoms with Gasteiger partial charge in [-0.1, -0.05) is 31.9 Å². The van der Waals surface area contributed by atoms with E-state index in [0.29, 0.717) is 18.1 Å². The van der Waals surface area contributed by atoms with Crippen LogP contribution < -0.4 is 4.74 Å². The second-order valence-electron chi connectivity index (χ2n) is 6.71. The monoisotopic (exact) mass is 440 g/mol. The first-order valence-corrected chi connectivity index (χ1v) is 8.39. The van der Waals surface area contributed by atoms with Crippen LogP contribution in [0.1, 0.15) is 49.7 Å². The Morgan fingerprint density at radius 2 is 1.50 bits per heavy atom. The molecule has 0 aromatic heterocycles. The fraction of sp³-hybridized carbons (Fsp3) is 0.400. The van der Waals surface area contributed by atoms with E-state index in [1.807, 2.05) is 0 Å². The van der Waals surface area contributed by atoms with Crippen molar-refractivity contribution in [1.82, 2.24) is 0 Å². The number of halogens is 4. The van der Waals surface area contributed by atoms with E-state index in [1.54, 1.807) is 18.2 Å². The number of benzene rings is 2. The summed E-state index contributed by atoms with van der Waals surface area (Å²) in [5.41, 5.74) is 0.223. The third kappa shape index (κ3) is 5.29. The maximum absolute atomic E-state index is 14.1. The van der Waals surface area contributed by atoms with Crippen LogP contribution in [-0.2, 0) is 38.8 Å². The average molecular weight is 440 g/mol. The van der Waals surface area contributed by atoms with Crippen molar-refractivity contribution in [2.45, 2.75) is 44.6 Å². The van der Waals surface area contributed by atoms with Crippen LogP contribution in [0.25, 0.3) is 0 Å². The minimum absolute atomic E-state index is 0. The second-order valence-corrected chi connectivity index (χ2v) is 6.71. The van der Waals surface area contributed by atoms with E-state index in [1.165, 1.54) is 25.0 Å². The third-order valence-electron chi connectivity index (χ3n) is 4.75. The van der Waals surface area contributed by atoms with E-state index in [4.69, 9.17) is 0 Å². The van der Waals surface area contributed by atoms with Crippen molar-refractivity contribution >= 4 is 0 Å². The molecule has 0 aliphatic heterocycles. The molecule has 0 unspecified atom stereocenters. The molecular formula is C20H19F4OY-. The second kappa shape index (κ2) is 8.83. The summed E-state index contributed by atoms with van der Waals surface area (Å²) in [7, 11) is 0. The Labute approximate surface area is 176 Å². The van der Waals surface area contributed by atoms with Crippen LogP contribution in [0.15, 0.2) is 36.4 Å². The summed E-state index contributed by atoms with van der Waals surface area (Å²) >= 11 is 0. The van der Waals surface area contributed by atoms with Crippen molar-refractivity contribution in [3.63, 3.8) is 0 Å². The van der Waals surface area contributed by atoms with Gasteiger partial charge in [-0.05, 0) is 47.9 Å². The molecule has 0 spiro atoms. The Morgan fingerprint density at radius 1 is 0.962 bits per heavy atom. The number of ether oxygens (including phenoxy) is 1. The third-order valence-corrected chi connectivity index (χ3v) is 4.75. The summed E-state index contributed by atoms with van der Waals surface area (Å²) in [5.74, 6) is -1.26. The van der Waals surface area contributed by atoms with Crippen molar-refractivity contribution in [3.05, 3.63) is 65.2 Å². The first kappa shape index (κ1) is 21.4. The van der Waals surface area contributed by atoms with Gasteiger partial charge in [-0.2, -0.15) is 8.78 Å². The zero-order valence-corrected chi connectivity index (χ0v) is 17.3. The Bertz CT molecular complexity index is 705. The van der Waals surface area contributed by atoms with Crippen LogP contribution in [0, 0.1) is 23.6 Å². The van der Waals surface area contributed by atoms with Gasteiger partial charge in [-0.25, -0.2) is 8.78 Å². The average Bonchev–Trinajstić information content (AvgIpc) is 2.55. The molecule has 2 aromatic rings. The Hall–Kier alpha value is -0.936. The summed E-state index contributed by atoms with van der Waals surface area (Å²) in [6.07, 6.45) is 0.693. The van der Waals surface area contributed by atoms with Crippen LogP contribution in [0.3, 0.4) is 0 Å². The van der Waals surface area contributed by atoms with E-state index in [2.05, 4.69) is 11.7 Å². The topological polar surface area (TPSA) is 9.23 Å². The molecule has 1 fully saturated rings. The quantitative estimate of drug-likeness (QED) is 0.407. The fourth-order valence-electron chi connectivity index (χ4n) is 3.28. The van der Waals surface area contributed by atoms with Crippen molar-refractivity contribution < 1.29 is 55.0 Å². The number of rotatable bonds is 4. The number of hydrogen-bond acceptors (Lipinski definition) is 1. The van der Waals surface area contributed by atoms with E-state index in [-0.39, 0.29) is 38.5 Å². The molecule has 0 atom stereocenters. The number of hydrogen-bond donors (Lipinski definition) is 0. The Morgan fingerprint density at radius 3 is 2.04 bits per heavy atom. The predicted octanol–water partition coefficient (Wildman–Crippen LogP) is 6.18. The van der Waals surface area contributed by atoms with Crippen molar-refractivity contribution in [2.24, 2.45) is 5.92 Å². The molecule has 137 valence electrons. The zero-order valence-electron chi connectivity index (χ0n) is 14.4. The van der Waals surface area contributed by atoms with Crippen LogP contribution in [0.5, 0.6) is 5.75 Å². The van der Waals surface area contributed by atoms with Gasteiger partial charge in [0.15, 0.2) is 0 Å². The maximum atomic E-state index is 14.1. The summed E-state index contributed by atoms with van der Waals surface area (Å²) < 4.78 is 59.1. The predicted molar refractivity (Wildman–Crippen MR) is 86.5 cm³/mol. The number of alkyl halides is 2. The SMILES string of the molecule is CC1CCC(c2ccc(OC(F)(F)c3cc(F)[c-]c(F)c3)cc2)CC1.[Y]. The van der Waals surface area contributed by atoms with Crippen LogP contribution >= 0.6 is 0 Å². The summed E-state index contributed by atoms with van der Waals surface area (Å²) in [6.45, 7) is 2.24. The van der Waals surface area contributed by atoms with Gasteiger partial charge in [0.25, 0.3) is 0 Å². The molecule has 1 saturated carbocycles. The molecule has 1 aliphatic rings. The van der Waals surface area contributed by atoms with Gasteiger partial charge in [0.1, 0.15) is 5.75 Å². The van der Waals surface area contributed by atoms with Gasteiger partial charge in [0, 0.05) is 44.3 Å². The molecule has 0 bridgehead atoms. The van der Waals surface area contributed by atoms with Crippen molar-refractivity contribution in [2.75, 3.05) is 0 Å². The molecule has 6 heteroatoms. The Kier molecular flexibility index (Phi) is 7.26.